The third-order valence-corrected chi connectivity index (χ3v) is 4.84. The van der Waals surface area contributed by atoms with E-state index in [0.29, 0.717) is 15.2 Å². The number of benzene rings is 1. The third-order valence-electron chi connectivity index (χ3n) is 2.44. The first-order valence-electron chi connectivity index (χ1n) is 5.52. The molecule has 1 N–H and O–H groups in total. The van der Waals surface area contributed by atoms with Gasteiger partial charge in [0.05, 0.1) is 19.2 Å². The Hall–Kier alpha value is -0.830. The molecule has 0 bridgehead atoms. The lowest BCUT2D eigenvalue weighted by molar-refractivity contribution is -0.140. The Balaban J connectivity index is 2.78. The predicted molar refractivity (Wildman–Crippen MR) is 81.0 cm³/mol. The van der Waals surface area contributed by atoms with Crippen LogP contribution in [0.2, 0.25) is 5.02 Å². The summed E-state index contributed by atoms with van der Waals surface area (Å²) in [5.74, 6) is -0.476. The van der Waals surface area contributed by atoms with Crippen molar-refractivity contribution in [2.24, 2.45) is 0 Å². The van der Waals surface area contributed by atoms with E-state index in [1.54, 1.807) is 12.1 Å². The highest BCUT2D eigenvalue weighted by Crippen LogP contribution is 2.27. The van der Waals surface area contributed by atoms with Gasteiger partial charge in [0.2, 0.25) is 0 Å². The fourth-order valence-electron chi connectivity index (χ4n) is 1.26. The van der Waals surface area contributed by atoms with Gasteiger partial charge in [-0.25, -0.2) is 0 Å². The van der Waals surface area contributed by atoms with Gasteiger partial charge < -0.3 is 4.74 Å². The summed E-state index contributed by atoms with van der Waals surface area (Å²) < 4.78 is 32.6. The second-order valence-electron chi connectivity index (χ2n) is 3.88. The number of rotatable bonds is 6. The number of carbonyl (C=O) groups is 1. The first-order valence-corrected chi connectivity index (χ1v) is 8.13. The zero-order valence-electron chi connectivity index (χ0n) is 10.9. The second-order valence-corrected chi connectivity index (χ2v) is 6.95. The maximum atomic E-state index is 12.1. The van der Waals surface area contributed by atoms with Crippen molar-refractivity contribution < 1.29 is 17.9 Å². The molecule has 0 aliphatic rings. The van der Waals surface area contributed by atoms with Crippen LogP contribution < -0.4 is 4.72 Å². The van der Waals surface area contributed by atoms with Crippen molar-refractivity contribution in [3.63, 3.8) is 0 Å². The minimum atomic E-state index is -3.77. The molecule has 9 heteroatoms. The average Bonchev–Trinajstić information content (AvgIpc) is 2.39. The number of hydrogen-bond acceptors (Lipinski definition) is 4. The molecule has 1 rings (SSSR count). The summed E-state index contributed by atoms with van der Waals surface area (Å²) in [7, 11) is -1.16. The first kappa shape index (κ1) is 17.2. The molecule has 0 aliphatic heterocycles. The van der Waals surface area contributed by atoms with Gasteiger partial charge in [-0.3, -0.25) is 9.52 Å². The van der Waals surface area contributed by atoms with Crippen molar-refractivity contribution >= 4 is 49.4 Å². The summed E-state index contributed by atoms with van der Waals surface area (Å²) in [5, 5.41) is 0.406. The number of esters is 1. The normalized spacial score (nSPS) is 11.4. The van der Waals surface area contributed by atoms with E-state index in [1.807, 2.05) is 0 Å². The van der Waals surface area contributed by atoms with Crippen LogP contribution >= 0.6 is 27.5 Å². The van der Waals surface area contributed by atoms with Crippen LogP contribution in [0.5, 0.6) is 0 Å². The van der Waals surface area contributed by atoms with Crippen molar-refractivity contribution in [2.75, 3.05) is 25.4 Å². The number of anilines is 1. The highest BCUT2D eigenvalue weighted by atomic mass is 79.9. The van der Waals surface area contributed by atoms with Gasteiger partial charge in [-0.05, 0) is 34.1 Å². The molecule has 0 spiro atoms. The summed E-state index contributed by atoms with van der Waals surface area (Å²) in [5.41, 5.74) is 0.322. The van der Waals surface area contributed by atoms with Crippen molar-refractivity contribution in [1.29, 1.82) is 0 Å². The van der Waals surface area contributed by atoms with Gasteiger partial charge in [-0.2, -0.15) is 12.7 Å². The Labute approximate surface area is 131 Å². The quantitative estimate of drug-likeness (QED) is 0.762. The Bertz CT molecular complexity index is 594. The topological polar surface area (TPSA) is 75.7 Å². The maximum absolute atomic E-state index is 12.1. The van der Waals surface area contributed by atoms with Crippen LogP contribution in [0, 0.1) is 0 Å². The minimum absolute atomic E-state index is 0.0141. The molecule has 1 aromatic rings. The van der Waals surface area contributed by atoms with E-state index in [1.165, 1.54) is 20.2 Å². The number of halogens is 2. The molecular weight excluding hydrogens is 372 g/mol. The van der Waals surface area contributed by atoms with Crippen LogP contribution in [-0.2, 0) is 19.7 Å². The molecule has 0 heterocycles. The lowest BCUT2D eigenvalue weighted by Crippen LogP contribution is -2.34. The molecule has 0 saturated heterocycles. The van der Waals surface area contributed by atoms with E-state index in [-0.39, 0.29) is 13.0 Å². The predicted octanol–water partition coefficient (Wildman–Crippen LogP) is 2.25. The van der Waals surface area contributed by atoms with Gasteiger partial charge in [0.25, 0.3) is 0 Å². The smallest absolute Gasteiger partial charge is 0.306 e. The van der Waals surface area contributed by atoms with Crippen LogP contribution in [0.25, 0.3) is 0 Å². The Kier molecular flexibility index (Phi) is 6.25. The molecule has 0 aromatic heterocycles. The van der Waals surface area contributed by atoms with Crippen molar-refractivity contribution in [1.82, 2.24) is 4.31 Å². The van der Waals surface area contributed by atoms with Crippen LogP contribution in [0.4, 0.5) is 5.69 Å². The molecule has 20 heavy (non-hydrogen) atoms. The lowest BCUT2D eigenvalue weighted by atomic mass is 10.3. The maximum Gasteiger partial charge on any atom is 0.306 e. The van der Waals surface area contributed by atoms with Gasteiger partial charge in [-0.1, -0.05) is 11.6 Å². The monoisotopic (exact) mass is 384 g/mol. The van der Waals surface area contributed by atoms with E-state index in [2.05, 4.69) is 25.4 Å². The van der Waals surface area contributed by atoms with Crippen molar-refractivity contribution in [2.45, 2.75) is 6.42 Å². The molecule has 0 atom stereocenters. The number of hydrogen-bond donors (Lipinski definition) is 1. The number of nitrogens with one attached hydrogen (secondary N) is 1. The fraction of sp³-hybridized carbons (Fsp3) is 0.364. The number of carbonyl (C=O) groups excluding carboxylic acids is 1. The molecule has 0 saturated carbocycles. The van der Waals surface area contributed by atoms with E-state index in [4.69, 9.17) is 11.6 Å². The van der Waals surface area contributed by atoms with Crippen LogP contribution in [0.1, 0.15) is 6.42 Å². The number of nitrogens with zero attached hydrogens (tertiary/aromatic N) is 1. The Morgan fingerprint density at radius 3 is 2.75 bits per heavy atom. The van der Waals surface area contributed by atoms with Gasteiger partial charge in [-0.15, -0.1) is 0 Å². The molecule has 1 aromatic carbocycles. The summed E-state index contributed by atoms with van der Waals surface area (Å²) in [6.45, 7) is 0.0141. The molecular formula is C11H14BrClN2O4S. The standard InChI is InChI=1S/C11H14BrClN2O4S/c1-15(6-5-11(16)19-2)20(17,18)14-10-7-8(13)3-4-9(10)12/h3-4,7,14H,5-6H2,1-2H3. The van der Waals surface area contributed by atoms with Crippen LogP contribution in [0.3, 0.4) is 0 Å². The SMILES string of the molecule is COC(=O)CCN(C)S(=O)(=O)Nc1cc(Cl)ccc1Br. The number of ether oxygens (including phenoxy) is 1. The molecule has 0 aliphatic carbocycles. The lowest BCUT2D eigenvalue weighted by Gasteiger charge is -2.18. The number of methoxy groups -OCH3 is 1. The molecule has 0 fully saturated rings. The van der Waals surface area contributed by atoms with Crippen LogP contribution in [-0.4, -0.2) is 39.4 Å². The Morgan fingerprint density at radius 1 is 1.50 bits per heavy atom. The van der Waals surface area contributed by atoms with E-state index in [0.717, 1.165) is 4.31 Å². The molecule has 0 amide bonds. The summed E-state index contributed by atoms with van der Waals surface area (Å²) >= 11 is 9.04. The average molecular weight is 386 g/mol. The van der Waals surface area contributed by atoms with Crippen LogP contribution in [0.15, 0.2) is 22.7 Å². The third kappa shape index (κ3) is 4.93. The molecule has 112 valence electrons. The Morgan fingerprint density at radius 2 is 2.15 bits per heavy atom. The largest absolute Gasteiger partial charge is 0.469 e. The van der Waals surface area contributed by atoms with Crippen molar-refractivity contribution in [3.05, 3.63) is 27.7 Å². The van der Waals surface area contributed by atoms with Gasteiger partial charge in [0.1, 0.15) is 0 Å². The van der Waals surface area contributed by atoms with Gasteiger partial charge in [0, 0.05) is 23.1 Å². The zero-order chi connectivity index (χ0) is 15.3. The van der Waals surface area contributed by atoms with Gasteiger partial charge in [0.15, 0.2) is 0 Å². The highest BCUT2D eigenvalue weighted by Gasteiger charge is 2.19. The van der Waals surface area contributed by atoms with E-state index >= 15 is 0 Å². The molecule has 0 unspecified atom stereocenters. The van der Waals surface area contributed by atoms with E-state index in [9.17, 15) is 13.2 Å². The molecule has 6 nitrogen and oxygen atoms in total. The van der Waals surface area contributed by atoms with Gasteiger partial charge >= 0.3 is 16.2 Å². The van der Waals surface area contributed by atoms with Crippen molar-refractivity contribution in [3.8, 4) is 0 Å². The summed E-state index contributed by atoms with van der Waals surface area (Å²) in [4.78, 5) is 11.0. The fourth-order valence-corrected chi connectivity index (χ4v) is 2.85. The van der Waals surface area contributed by atoms with E-state index < -0.39 is 16.2 Å². The first-order chi connectivity index (χ1) is 9.26. The second kappa shape index (κ2) is 7.26. The highest BCUT2D eigenvalue weighted by molar-refractivity contribution is 9.10. The minimum Gasteiger partial charge on any atom is -0.469 e. The molecule has 0 radical (unpaired) electrons. The summed E-state index contributed by atoms with van der Waals surface area (Å²) in [6.07, 6.45) is -0.0232. The summed E-state index contributed by atoms with van der Waals surface area (Å²) in [6, 6.07) is 4.75. The zero-order valence-corrected chi connectivity index (χ0v) is 14.0.